The van der Waals surface area contributed by atoms with Gasteiger partial charge in [0.1, 0.15) is 0 Å². The maximum Gasteiger partial charge on any atom is 0.0696 e. The van der Waals surface area contributed by atoms with Crippen LogP contribution in [-0.4, -0.2) is 0 Å². The molecule has 0 unspecified atom stereocenters. The number of nitriles is 1. The quantitative estimate of drug-likeness (QED) is 0.488. The van der Waals surface area contributed by atoms with E-state index >= 15 is 0 Å². The Bertz CT molecular complexity index is 286. The number of fused-ring (bicyclic) bond motifs is 2. The molecular weight excluding hydrogens is 182 g/mol. The Morgan fingerprint density at radius 3 is 2.73 bits per heavy atom. The Hall–Kier alpha value is -0.770. The molecule has 2 aliphatic rings. The van der Waals surface area contributed by atoms with Crippen molar-refractivity contribution in [2.45, 2.75) is 51.9 Å². The van der Waals surface area contributed by atoms with Crippen molar-refractivity contribution in [3.8, 4) is 6.07 Å². The van der Waals surface area contributed by atoms with Gasteiger partial charge in [0, 0.05) is 0 Å². The first kappa shape index (κ1) is 10.7. The number of unbranched alkanes of at least 4 members (excludes halogenated alkanes) is 3. The first-order valence-corrected chi connectivity index (χ1v) is 6.40. The van der Waals surface area contributed by atoms with Gasteiger partial charge in [-0.3, -0.25) is 0 Å². The van der Waals surface area contributed by atoms with E-state index in [1.807, 2.05) is 0 Å². The summed E-state index contributed by atoms with van der Waals surface area (Å²) in [6.45, 7) is 2.24. The third kappa shape index (κ3) is 1.95. The van der Waals surface area contributed by atoms with Crippen molar-refractivity contribution in [2.24, 2.45) is 17.3 Å². The summed E-state index contributed by atoms with van der Waals surface area (Å²) in [5, 5.41) is 9.41. The van der Waals surface area contributed by atoms with E-state index in [2.05, 4.69) is 25.1 Å². The molecule has 1 nitrogen and oxygen atoms in total. The largest absolute Gasteiger partial charge is 0.198 e. The summed E-state index contributed by atoms with van der Waals surface area (Å²) in [5.74, 6) is 1.30. The molecule has 2 bridgehead atoms. The third-order valence-corrected chi connectivity index (χ3v) is 4.21. The van der Waals surface area contributed by atoms with Gasteiger partial charge in [0.2, 0.25) is 0 Å². The highest BCUT2D eigenvalue weighted by atomic mass is 14.5. The van der Waals surface area contributed by atoms with Gasteiger partial charge in [-0.2, -0.15) is 5.26 Å². The lowest BCUT2D eigenvalue weighted by Crippen LogP contribution is -2.23. The van der Waals surface area contributed by atoms with E-state index in [9.17, 15) is 5.26 Å². The Kier molecular flexibility index (Phi) is 3.14. The number of allylic oxidation sites excluding steroid dienone is 2. The van der Waals surface area contributed by atoms with Crippen molar-refractivity contribution < 1.29 is 0 Å². The predicted molar refractivity (Wildman–Crippen MR) is 62.2 cm³/mol. The molecule has 2 rings (SSSR count). The van der Waals surface area contributed by atoms with Gasteiger partial charge >= 0.3 is 0 Å². The topological polar surface area (TPSA) is 23.8 Å². The number of nitrogens with zero attached hydrogens (tertiary/aromatic N) is 1. The molecule has 0 aromatic heterocycles. The van der Waals surface area contributed by atoms with Crippen molar-refractivity contribution in [1.82, 2.24) is 0 Å². The van der Waals surface area contributed by atoms with E-state index in [1.54, 1.807) is 0 Å². The van der Waals surface area contributed by atoms with Crippen molar-refractivity contribution in [2.75, 3.05) is 0 Å². The monoisotopic (exact) mass is 203 g/mol. The normalized spacial score (nSPS) is 37.1. The fraction of sp³-hybridized carbons (Fsp3) is 0.786. The fourth-order valence-corrected chi connectivity index (χ4v) is 3.29. The Morgan fingerprint density at radius 1 is 1.33 bits per heavy atom. The third-order valence-electron chi connectivity index (χ3n) is 4.21. The van der Waals surface area contributed by atoms with Crippen molar-refractivity contribution >= 4 is 0 Å². The zero-order chi connectivity index (χ0) is 10.7. The minimum absolute atomic E-state index is 0.0210. The van der Waals surface area contributed by atoms with Gasteiger partial charge in [-0.25, -0.2) is 0 Å². The summed E-state index contributed by atoms with van der Waals surface area (Å²) in [6.07, 6.45) is 13.3. The van der Waals surface area contributed by atoms with Gasteiger partial charge in [0.05, 0.1) is 11.5 Å². The molecule has 3 atom stereocenters. The van der Waals surface area contributed by atoms with Crippen LogP contribution >= 0.6 is 0 Å². The van der Waals surface area contributed by atoms with Crippen LogP contribution in [0.3, 0.4) is 0 Å². The maximum absolute atomic E-state index is 9.41. The highest BCUT2D eigenvalue weighted by molar-refractivity contribution is 5.21. The first-order valence-electron chi connectivity index (χ1n) is 6.40. The second-order valence-corrected chi connectivity index (χ2v) is 5.27. The summed E-state index contributed by atoms with van der Waals surface area (Å²) in [6, 6.07) is 2.63. The van der Waals surface area contributed by atoms with Gasteiger partial charge in [-0.1, -0.05) is 44.8 Å². The second-order valence-electron chi connectivity index (χ2n) is 5.27. The lowest BCUT2D eigenvalue weighted by molar-refractivity contribution is 0.289. The van der Waals surface area contributed by atoms with E-state index in [0.717, 1.165) is 18.8 Å². The Balaban J connectivity index is 1.88. The van der Waals surface area contributed by atoms with Crippen LogP contribution in [0.2, 0.25) is 0 Å². The van der Waals surface area contributed by atoms with Gasteiger partial charge in [0.25, 0.3) is 0 Å². The average Bonchev–Trinajstić information content (AvgIpc) is 2.85. The maximum atomic E-state index is 9.41. The lowest BCUT2D eigenvalue weighted by atomic mass is 9.73. The van der Waals surface area contributed by atoms with Gasteiger partial charge in [-0.05, 0) is 31.1 Å². The molecule has 0 saturated heterocycles. The smallest absolute Gasteiger partial charge is 0.0696 e. The van der Waals surface area contributed by atoms with Crippen LogP contribution in [0.15, 0.2) is 12.2 Å². The fourth-order valence-electron chi connectivity index (χ4n) is 3.29. The van der Waals surface area contributed by atoms with Crippen molar-refractivity contribution in [3.05, 3.63) is 12.2 Å². The Labute approximate surface area is 93.2 Å². The van der Waals surface area contributed by atoms with E-state index < -0.39 is 0 Å². The van der Waals surface area contributed by atoms with Crippen LogP contribution in [0.1, 0.15) is 51.9 Å². The molecule has 0 spiro atoms. The van der Waals surface area contributed by atoms with E-state index in [0.29, 0.717) is 5.92 Å². The molecule has 0 amide bonds. The summed E-state index contributed by atoms with van der Waals surface area (Å²) in [5.41, 5.74) is 0.0210. The SMILES string of the molecule is CCCCCC[C@@]1(C#N)C[C@H]2C=C[C@H]1C2. The van der Waals surface area contributed by atoms with Gasteiger partial charge in [0.15, 0.2) is 0 Å². The first-order chi connectivity index (χ1) is 7.30. The van der Waals surface area contributed by atoms with Crippen LogP contribution < -0.4 is 0 Å². The number of rotatable bonds is 5. The molecule has 0 aromatic carbocycles. The summed E-state index contributed by atoms with van der Waals surface area (Å²) in [7, 11) is 0. The standard InChI is InChI=1S/C14H21N/c1-2-3-4-5-8-14(11-15)10-12-6-7-13(14)9-12/h6-7,12-13H,2-5,8-10H2,1H3/t12-,13-,14-/m0/s1. The zero-order valence-electron chi connectivity index (χ0n) is 9.71. The van der Waals surface area contributed by atoms with E-state index in [1.165, 1.54) is 32.1 Å². The molecule has 0 heterocycles. The highest BCUT2D eigenvalue weighted by Crippen LogP contribution is 2.54. The molecular formula is C14H21N. The predicted octanol–water partition coefficient (Wildman–Crippen LogP) is 4.06. The summed E-state index contributed by atoms with van der Waals surface area (Å²) >= 11 is 0. The highest BCUT2D eigenvalue weighted by Gasteiger charge is 2.48. The molecule has 0 radical (unpaired) electrons. The zero-order valence-corrected chi connectivity index (χ0v) is 9.71. The minimum atomic E-state index is 0.0210. The van der Waals surface area contributed by atoms with E-state index in [4.69, 9.17) is 0 Å². The van der Waals surface area contributed by atoms with Crippen molar-refractivity contribution in [1.29, 1.82) is 5.26 Å². The molecule has 15 heavy (non-hydrogen) atoms. The average molecular weight is 203 g/mol. The van der Waals surface area contributed by atoms with Crippen LogP contribution in [0.25, 0.3) is 0 Å². The summed E-state index contributed by atoms with van der Waals surface area (Å²) in [4.78, 5) is 0. The van der Waals surface area contributed by atoms with Crippen molar-refractivity contribution in [3.63, 3.8) is 0 Å². The molecule has 82 valence electrons. The molecule has 0 aliphatic heterocycles. The number of hydrogen-bond donors (Lipinski definition) is 0. The van der Waals surface area contributed by atoms with Crippen LogP contribution in [0, 0.1) is 28.6 Å². The van der Waals surface area contributed by atoms with Crippen LogP contribution in [0.4, 0.5) is 0 Å². The van der Waals surface area contributed by atoms with Gasteiger partial charge in [-0.15, -0.1) is 0 Å². The Morgan fingerprint density at radius 2 is 2.20 bits per heavy atom. The molecule has 2 aliphatic carbocycles. The minimum Gasteiger partial charge on any atom is -0.198 e. The second kappa shape index (κ2) is 4.39. The van der Waals surface area contributed by atoms with Gasteiger partial charge < -0.3 is 0 Å². The molecule has 1 saturated carbocycles. The van der Waals surface area contributed by atoms with E-state index in [-0.39, 0.29) is 5.41 Å². The van der Waals surface area contributed by atoms with Crippen LogP contribution in [-0.2, 0) is 0 Å². The molecule has 0 N–H and O–H groups in total. The summed E-state index contributed by atoms with van der Waals surface area (Å²) < 4.78 is 0. The van der Waals surface area contributed by atoms with Crippen LogP contribution in [0.5, 0.6) is 0 Å². The molecule has 0 aromatic rings. The molecule has 1 fully saturated rings. The number of hydrogen-bond acceptors (Lipinski definition) is 1. The lowest BCUT2D eigenvalue weighted by Gasteiger charge is -2.28. The molecule has 1 heteroatoms.